The molecule has 1 N–H and O–H groups in total. The van der Waals surface area contributed by atoms with Gasteiger partial charge in [-0.3, -0.25) is 4.79 Å². The Morgan fingerprint density at radius 1 is 1.00 bits per heavy atom. The molecule has 0 atom stereocenters. The predicted molar refractivity (Wildman–Crippen MR) is 112 cm³/mol. The smallest absolute Gasteiger partial charge is 0.228 e. The van der Waals surface area contributed by atoms with Crippen LogP contribution in [0.3, 0.4) is 0 Å². The molecule has 1 aliphatic heterocycles. The van der Waals surface area contributed by atoms with Gasteiger partial charge in [0.25, 0.3) is 0 Å². The molecular weight excluding hydrogens is 348 g/mol. The van der Waals surface area contributed by atoms with Crippen LogP contribution in [0.2, 0.25) is 0 Å². The zero-order valence-electron chi connectivity index (χ0n) is 16.1. The first-order valence-electron chi connectivity index (χ1n) is 9.72. The summed E-state index contributed by atoms with van der Waals surface area (Å²) in [6.45, 7) is 4.14. The van der Waals surface area contributed by atoms with Gasteiger partial charge in [0.1, 0.15) is 0 Å². The van der Waals surface area contributed by atoms with Crippen LogP contribution in [0.5, 0.6) is 0 Å². The van der Waals surface area contributed by atoms with Gasteiger partial charge in [0.15, 0.2) is 5.82 Å². The highest BCUT2D eigenvalue weighted by Crippen LogP contribution is 2.23. The normalized spacial score (nSPS) is 13.5. The van der Waals surface area contributed by atoms with E-state index in [0.717, 1.165) is 41.4 Å². The zero-order valence-corrected chi connectivity index (χ0v) is 16.1. The van der Waals surface area contributed by atoms with Crippen molar-refractivity contribution in [2.45, 2.75) is 26.2 Å². The Morgan fingerprint density at radius 3 is 2.50 bits per heavy atom. The summed E-state index contributed by atoms with van der Waals surface area (Å²) in [5.41, 5.74) is 4.70. The maximum atomic E-state index is 12.4. The summed E-state index contributed by atoms with van der Waals surface area (Å²) in [6, 6.07) is 19.8. The van der Waals surface area contributed by atoms with E-state index in [0.29, 0.717) is 6.42 Å². The topological polar surface area (TPSA) is 58.1 Å². The Labute approximate surface area is 165 Å². The van der Waals surface area contributed by atoms with Crippen LogP contribution < -0.4 is 10.2 Å². The molecule has 0 spiro atoms. The van der Waals surface area contributed by atoms with E-state index in [1.54, 1.807) is 0 Å². The summed E-state index contributed by atoms with van der Waals surface area (Å²) in [5.74, 6) is 0.903. The summed E-state index contributed by atoms with van der Waals surface area (Å²) >= 11 is 0. The number of aromatic nitrogens is 2. The van der Waals surface area contributed by atoms with Crippen LogP contribution in [0, 0.1) is 6.92 Å². The van der Waals surface area contributed by atoms with Crippen LogP contribution in [-0.2, 0) is 11.2 Å². The Morgan fingerprint density at radius 2 is 1.79 bits per heavy atom. The maximum Gasteiger partial charge on any atom is 0.228 e. The summed E-state index contributed by atoms with van der Waals surface area (Å²) < 4.78 is 0. The lowest BCUT2D eigenvalue weighted by molar-refractivity contribution is -0.115. The number of amides is 1. The third-order valence-electron chi connectivity index (χ3n) is 5.01. The summed E-state index contributed by atoms with van der Waals surface area (Å²) in [6.07, 6.45) is 2.79. The molecule has 2 aromatic carbocycles. The molecule has 1 saturated heterocycles. The molecule has 4 rings (SSSR count). The standard InChI is InChI=1S/C23H24N4O/c1-17-7-9-18(10-8-17)15-23(28)24-20-6-4-5-19(16-20)21-11-12-22(26-25-21)27-13-2-3-14-27/h4-12,16H,2-3,13-15H2,1H3,(H,24,28). The van der Waals surface area contributed by atoms with Crippen molar-refractivity contribution in [3.05, 3.63) is 71.8 Å². The number of hydrogen-bond donors (Lipinski definition) is 1. The second-order valence-electron chi connectivity index (χ2n) is 7.26. The number of benzene rings is 2. The Balaban J connectivity index is 1.43. The number of nitrogens with zero attached hydrogens (tertiary/aromatic N) is 3. The van der Waals surface area contributed by atoms with Crippen LogP contribution in [0.15, 0.2) is 60.7 Å². The number of anilines is 2. The minimum atomic E-state index is -0.0310. The lowest BCUT2D eigenvalue weighted by Crippen LogP contribution is -2.19. The summed E-state index contributed by atoms with van der Waals surface area (Å²) in [5, 5.41) is 11.7. The minimum Gasteiger partial charge on any atom is -0.355 e. The van der Waals surface area contributed by atoms with E-state index in [-0.39, 0.29) is 5.91 Å². The average Bonchev–Trinajstić information content (AvgIpc) is 3.25. The third-order valence-corrected chi connectivity index (χ3v) is 5.01. The molecule has 2 heterocycles. The fraction of sp³-hybridized carbons (Fsp3) is 0.261. The van der Waals surface area contributed by atoms with Crippen molar-refractivity contribution in [1.82, 2.24) is 10.2 Å². The molecule has 3 aromatic rings. The van der Waals surface area contributed by atoms with Crippen molar-refractivity contribution in [3.63, 3.8) is 0 Å². The summed E-state index contributed by atoms with van der Waals surface area (Å²) in [7, 11) is 0. The summed E-state index contributed by atoms with van der Waals surface area (Å²) in [4.78, 5) is 14.6. The molecule has 0 bridgehead atoms. The number of nitrogens with one attached hydrogen (secondary N) is 1. The number of carbonyl (C=O) groups is 1. The van der Waals surface area contributed by atoms with Crippen molar-refractivity contribution in [2.24, 2.45) is 0 Å². The van der Waals surface area contributed by atoms with Crippen molar-refractivity contribution in [3.8, 4) is 11.3 Å². The van der Waals surface area contributed by atoms with E-state index in [4.69, 9.17) is 0 Å². The van der Waals surface area contributed by atoms with Gasteiger partial charge in [-0.1, -0.05) is 42.0 Å². The average molecular weight is 372 g/mol. The highest BCUT2D eigenvalue weighted by Gasteiger charge is 2.14. The Hall–Kier alpha value is -3.21. The van der Waals surface area contributed by atoms with Gasteiger partial charge in [0.05, 0.1) is 12.1 Å². The van der Waals surface area contributed by atoms with E-state index in [1.165, 1.54) is 18.4 Å². The van der Waals surface area contributed by atoms with Gasteiger partial charge >= 0.3 is 0 Å². The molecule has 28 heavy (non-hydrogen) atoms. The lowest BCUT2D eigenvalue weighted by atomic mass is 10.1. The van der Waals surface area contributed by atoms with Gasteiger partial charge in [-0.15, -0.1) is 10.2 Å². The van der Waals surface area contributed by atoms with E-state index in [1.807, 2.05) is 67.6 Å². The highest BCUT2D eigenvalue weighted by atomic mass is 16.1. The second kappa shape index (κ2) is 8.21. The SMILES string of the molecule is Cc1ccc(CC(=O)Nc2cccc(-c3ccc(N4CCCC4)nn3)c2)cc1. The highest BCUT2D eigenvalue weighted by molar-refractivity contribution is 5.92. The molecule has 142 valence electrons. The minimum absolute atomic E-state index is 0.0310. The monoisotopic (exact) mass is 372 g/mol. The Bertz CT molecular complexity index is 945. The van der Waals surface area contributed by atoms with Crippen LogP contribution >= 0.6 is 0 Å². The molecule has 0 unspecified atom stereocenters. The molecule has 0 radical (unpaired) electrons. The first-order valence-corrected chi connectivity index (χ1v) is 9.72. The fourth-order valence-electron chi connectivity index (χ4n) is 3.45. The Kier molecular flexibility index (Phi) is 5.33. The van der Waals surface area contributed by atoms with E-state index in [2.05, 4.69) is 20.4 Å². The first kappa shape index (κ1) is 18.2. The number of rotatable bonds is 5. The van der Waals surface area contributed by atoms with Gasteiger partial charge < -0.3 is 10.2 Å². The molecule has 0 saturated carbocycles. The van der Waals surface area contributed by atoms with Gasteiger partial charge in [-0.2, -0.15) is 0 Å². The largest absolute Gasteiger partial charge is 0.355 e. The van der Waals surface area contributed by atoms with Gasteiger partial charge in [0, 0.05) is 24.3 Å². The third kappa shape index (κ3) is 4.36. The molecule has 1 fully saturated rings. The van der Waals surface area contributed by atoms with E-state index >= 15 is 0 Å². The van der Waals surface area contributed by atoms with Crippen molar-refractivity contribution < 1.29 is 4.79 Å². The maximum absolute atomic E-state index is 12.4. The van der Waals surface area contributed by atoms with Crippen LogP contribution in [0.1, 0.15) is 24.0 Å². The van der Waals surface area contributed by atoms with E-state index in [9.17, 15) is 4.79 Å². The van der Waals surface area contributed by atoms with Gasteiger partial charge in [0.2, 0.25) is 5.91 Å². The molecule has 5 heteroatoms. The molecule has 1 aromatic heterocycles. The van der Waals surface area contributed by atoms with Crippen LogP contribution in [0.25, 0.3) is 11.3 Å². The second-order valence-corrected chi connectivity index (χ2v) is 7.26. The zero-order chi connectivity index (χ0) is 19.3. The first-order chi connectivity index (χ1) is 13.7. The quantitative estimate of drug-likeness (QED) is 0.728. The number of hydrogen-bond acceptors (Lipinski definition) is 4. The molecule has 1 aliphatic rings. The van der Waals surface area contributed by atoms with Crippen LogP contribution in [0.4, 0.5) is 11.5 Å². The molecular formula is C23H24N4O. The van der Waals surface area contributed by atoms with E-state index < -0.39 is 0 Å². The molecule has 0 aliphatic carbocycles. The predicted octanol–water partition coefficient (Wildman–Crippen LogP) is 4.23. The van der Waals surface area contributed by atoms with Gasteiger partial charge in [-0.05, 0) is 49.6 Å². The number of carbonyl (C=O) groups excluding carboxylic acids is 1. The van der Waals surface area contributed by atoms with Gasteiger partial charge in [-0.25, -0.2) is 0 Å². The lowest BCUT2D eigenvalue weighted by Gasteiger charge is -2.15. The van der Waals surface area contributed by atoms with Crippen molar-refractivity contribution in [1.29, 1.82) is 0 Å². The molecule has 1 amide bonds. The molecule has 5 nitrogen and oxygen atoms in total. The van der Waals surface area contributed by atoms with Crippen molar-refractivity contribution in [2.75, 3.05) is 23.3 Å². The van der Waals surface area contributed by atoms with Crippen molar-refractivity contribution >= 4 is 17.4 Å². The van der Waals surface area contributed by atoms with Crippen LogP contribution in [-0.4, -0.2) is 29.2 Å². The number of aryl methyl sites for hydroxylation is 1. The fourth-order valence-corrected chi connectivity index (χ4v) is 3.45.